The van der Waals surface area contributed by atoms with Crippen LogP contribution in [0.25, 0.3) is 0 Å². The third-order valence-electron chi connectivity index (χ3n) is 10.6. The van der Waals surface area contributed by atoms with Crippen LogP contribution < -0.4 is 10.2 Å². The van der Waals surface area contributed by atoms with Gasteiger partial charge in [0.2, 0.25) is 0 Å². The number of hydrogen-bond donors (Lipinski definition) is 2. The summed E-state index contributed by atoms with van der Waals surface area (Å²) < 4.78 is 0. The first-order chi connectivity index (χ1) is 16.5. The van der Waals surface area contributed by atoms with Crippen LogP contribution in [0.15, 0.2) is 24.3 Å². The minimum absolute atomic E-state index is 0.360. The average molecular weight is 482 g/mol. The molecule has 5 heteroatoms. The van der Waals surface area contributed by atoms with E-state index in [-0.39, 0.29) is 0 Å². The molecule has 4 aliphatic carbocycles. The Hall–Kier alpha value is -1.59. The highest BCUT2D eigenvalue weighted by Crippen LogP contribution is 2.61. The maximum absolute atomic E-state index is 11.2. The molecule has 6 rings (SSSR count). The number of carbonyl (C=O) groups is 1. The van der Waals surface area contributed by atoms with E-state index in [0.29, 0.717) is 28.5 Å². The molecule has 4 saturated carbocycles. The molecule has 35 heavy (non-hydrogen) atoms. The van der Waals surface area contributed by atoms with Crippen molar-refractivity contribution in [1.82, 2.24) is 10.2 Å². The number of nitrogens with zero attached hydrogens (tertiary/aromatic N) is 2. The summed E-state index contributed by atoms with van der Waals surface area (Å²) in [7, 11) is 0. The Kier molecular flexibility index (Phi) is 6.71. The van der Waals surface area contributed by atoms with Gasteiger partial charge in [0.05, 0.1) is 5.56 Å². The van der Waals surface area contributed by atoms with Crippen molar-refractivity contribution >= 4 is 11.7 Å². The molecule has 2 unspecified atom stereocenters. The fourth-order valence-corrected chi connectivity index (χ4v) is 8.13. The van der Waals surface area contributed by atoms with Gasteiger partial charge in [-0.25, -0.2) is 4.79 Å². The maximum Gasteiger partial charge on any atom is 0.335 e. The largest absolute Gasteiger partial charge is 0.478 e. The molecular weight excluding hydrogens is 434 g/mol. The third kappa shape index (κ3) is 5.00. The van der Waals surface area contributed by atoms with E-state index in [9.17, 15) is 4.79 Å². The Balaban J connectivity index is 1.18. The van der Waals surface area contributed by atoms with Gasteiger partial charge in [0, 0.05) is 50.5 Å². The number of carboxylic acids is 1. The Labute approximate surface area is 212 Å². The van der Waals surface area contributed by atoms with Crippen molar-refractivity contribution in [3.05, 3.63) is 29.8 Å². The molecule has 1 aromatic rings. The second kappa shape index (κ2) is 9.37. The van der Waals surface area contributed by atoms with Crippen molar-refractivity contribution in [3.63, 3.8) is 0 Å². The number of carboxylic acid groups (broad SMARTS) is 1. The maximum atomic E-state index is 11.2. The zero-order valence-electron chi connectivity index (χ0n) is 22.6. The van der Waals surface area contributed by atoms with Gasteiger partial charge in [0.1, 0.15) is 0 Å². The van der Waals surface area contributed by atoms with E-state index >= 15 is 0 Å². The number of hydrogen-bond acceptors (Lipinski definition) is 4. The summed E-state index contributed by atoms with van der Waals surface area (Å²) in [6, 6.07) is 8.72. The van der Waals surface area contributed by atoms with Crippen molar-refractivity contribution in [1.29, 1.82) is 0 Å². The van der Waals surface area contributed by atoms with Crippen LogP contribution in [0.5, 0.6) is 0 Å². The first-order valence-electron chi connectivity index (χ1n) is 14.1. The first kappa shape index (κ1) is 25.1. The predicted octanol–water partition coefficient (Wildman–Crippen LogP) is 5.36. The lowest BCUT2D eigenvalue weighted by atomic mass is 9.44. The number of benzene rings is 1. The molecule has 2 N–H and O–H groups in total. The van der Waals surface area contributed by atoms with Crippen LogP contribution in [-0.4, -0.2) is 60.8 Å². The first-order valence-corrected chi connectivity index (χ1v) is 14.1. The molecule has 1 heterocycles. The van der Waals surface area contributed by atoms with Crippen molar-refractivity contribution in [2.24, 2.45) is 34.5 Å². The number of piperazine rings is 1. The van der Waals surface area contributed by atoms with Gasteiger partial charge >= 0.3 is 5.97 Å². The Bertz CT molecular complexity index is 903. The van der Waals surface area contributed by atoms with Gasteiger partial charge in [0.25, 0.3) is 0 Å². The number of aromatic carboxylic acids is 1. The molecule has 5 aliphatic rings. The summed E-state index contributed by atoms with van der Waals surface area (Å²) in [5.41, 5.74) is 2.50. The highest BCUT2D eigenvalue weighted by atomic mass is 16.4. The zero-order chi connectivity index (χ0) is 25.0. The molecule has 1 saturated heterocycles. The Morgan fingerprint density at radius 3 is 2.31 bits per heavy atom. The minimum Gasteiger partial charge on any atom is -0.478 e. The van der Waals surface area contributed by atoms with E-state index < -0.39 is 5.97 Å². The van der Waals surface area contributed by atoms with Crippen LogP contribution in [0.4, 0.5) is 5.69 Å². The smallest absolute Gasteiger partial charge is 0.335 e. The molecule has 5 nitrogen and oxygen atoms in total. The molecular formula is C30H47N3O2. The highest BCUT2D eigenvalue weighted by Gasteiger charge is 2.56. The normalized spacial score (nSPS) is 36.4. The molecule has 6 atom stereocenters. The van der Waals surface area contributed by atoms with Crippen molar-refractivity contribution in [2.75, 3.05) is 37.6 Å². The second-order valence-electron chi connectivity index (χ2n) is 13.6. The number of fused-ring (bicyclic) bond motifs is 2. The predicted molar refractivity (Wildman–Crippen MR) is 143 cm³/mol. The average Bonchev–Trinajstić information content (AvgIpc) is 2.82. The van der Waals surface area contributed by atoms with Crippen LogP contribution in [0, 0.1) is 34.5 Å². The van der Waals surface area contributed by atoms with Gasteiger partial charge in [0.15, 0.2) is 0 Å². The fraction of sp³-hybridized carbons (Fsp3) is 0.767. The van der Waals surface area contributed by atoms with E-state index in [4.69, 9.17) is 5.11 Å². The van der Waals surface area contributed by atoms with Crippen LogP contribution >= 0.6 is 0 Å². The summed E-state index contributed by atoms with van der Waals surface area (Å²) >= 11 is 0. The van der Waals surface area contributed by atoms with E-state index in [2.05, 4.69) is 49.7 Å². The molecule has 0 aromatic heterocycles. The van der Waals surface area contributed by atoms with Gasteiger partial charge in [-0.05, 0) is 90.9 Å². The van der Waals surface area contributed by atoms with E-state index in [0.717, 1.165) is 55.5 Å². The van der Waals surface area contributed by atoms with E-state index in [1.165, 1.54) is 38.6 Å². The Morgan fingerprint density at radius 2 is 1.71 bits per heavy atom. The van der Waals surface area contributed by atoms with Gasteiger partial charge in [-0.2, -0.15) is 0 Å². The van der Waals surface area contributed by atoms with Crippen molar-refractivity contribution in [3.8, 4) is 0 Å². The van der Waals surface area contributed by atoms with Gasteiger partial charge < -0.3 is 15.3 Å². The monoisotopic (exact) mass is 481 g/mol. The molecule has 1 aromatic carbocycles. The summed E-state index contributed by atoms with van der Waals surface area (Å²) in [6.07, 6.45) is 6.80. The van der Waals surface area contributed by atoms with Crippen LogP contribution in [0.2, 0.25) is 0 Å². The molecule has 0 radical (unpaired) electrons. The van der Waals surface area contributed by atoms with Crippen molar-refractivity contribution in [2.45, 2.75) is 78.8 Å². The Morgan fingerprint density at radius 1 is 1.03 bits per heavy atom. The van der Waals surface area contributed by atoms with E-state index in [1.807, 2.05) is 12.1 Å². The fourth-order valence-electron chi connectivity index (χ4n) is 8.13. The highest BCUT2D eigenvalue weighted by molar-refractivity contribution is 5.88. The van der Waals surface area contributed by atoms with Gasteiger partial charge in [-0.15, -0.1) is 0 Å². The van der Waals surface area contributed by atoms with Crippen LogP contribution in [-0.2, 0) is 0 Å². The summed E-state index contributed by atoms with van der Waals surface area (Å²) in [4.78, 5) is 16.2. The third-order valence-corrected chi connectivity index (χ3v) is 10.6. The lowest BCUT2D eigenvalue weighted by Gasteiger charge is -2.63. The topological polar surface area (TPSA) is 55.8 Å². The quantitative estimate of drug-likeness (QED) is 0.573. The molecule has 2 bridgehead atoms. The molecule has 194 valence electrons. The summed E-state index contributed by atoms with van der Waals surface area (Å²) in [6.45, 7) is 17.9. The van der Waals surface area contributed by atoms with Crippen molar-refractivity contribution < 1.29 is 9.90 Å². The zero-order valence-corrected chi connectivity index (χ0v) is 22.6. The number of anilines is 1. The molecule has 5 fully saturated rings. The second-order valence-corrected chi connectivity index (χ2v) is 13.6. The SMILES string of the molecule is C[C@@H]1[C@@H](NC2CCC(C)(C)CC2CN2CCN(c3ccc(C(=O)O)cc3)CC2)C[C@@H]2C[C@@H]1C2(C)C. The van der Waals surface area contributed by atoms with Crippen LogP contribution in [0.3, 0.4) is 0 Å². The minimum atomic E-state index is -0.858. The number of nitrogens with one attached hydrogen (secondary N) is 1. The number of rotatable bonds is 6. The van der Waals surface area contributed by atoms with Gasteiger partial charge in [-0.1, -0.05) is 34.6 Å². The molecule has 1 aliphatic heterocycles. The lowest BCUT2D eigenvalue weighted by molar-refractivity contribution is -0.118. The van der Waals surface area contributed by atoms with Gasteiger partial charge in [-0.3, -0.25) is 4.90 Å². The van der Waals surface area contributed by atoms with Crippen LogP contribution in [0.1, 0.15) is 77.1 Å². The van der Waals surface area contributed by atoms with E-state index in [1.54, 1.807) is 12.1 Å². The summed E-state index contributed by atoms with van der Waals surface area (Å²) in [5, 5.41) is 13.4. The standard InChI is InChI=1S/C30H47N3O2/c1-20-25-16-23(30(25,4)5)17-27(20)31-26-10-11-29(2,3)18-22(26)19-32-12-14-33(15-13-32)24-8-6-21(7-9-24)28(34)35/h6-9,20,22-23,25-27,31H,10-19H2,1-5H3,(H,34,35)/t20-,22?,23-,25-,26?,27-/m0/s1. The molecule has 0 amide bonds. The molecule has 0 spiro atoms. The summed E-state index contributed by atoms with van der Waals surface area (Å²) in [5.74, 6) is 2.47. The lowest BCUT2D eigenvalue weighted by Crippen LogP contribution is -2.62.